The van der Waals surface area contributed by atoms with E-state index in [0.717, 1.165) is 32.5 Å². The van der Waals surface area contributed by atoms with Crippen LogP contribution in [0.15, 0.2) is 24.3 Å². The third-order valence-corrected chi connectivity index (χ3v) is 5.60. The Bertz CT molecular complexity index is 517. The first-order valence-corrected chi connectivity index (χ1v) is 9.79. The van der Waals surface area contributed by atoms with Gasteiger partial charge in [0, 0.05) is 19.1 Å². The molecule has 0 spiro atoms. The molecular formula is C21H32N2O. The molecule has 1 N–H and O–H groups in total. The minimum atomic E-state index is 0.174. The highest BCUT2D eigenvalue weighted by Crippen LogP contribution is 2.21. The fraction of sp³-hybridized carbons (Fsp3) is 0.667. The maximum absolute atomic E-state index is 12.7. The first-order chi connectivity index (χ1) is 11.7. The Morgan fingerprint density at radius 2 is 1.75 bits per heavy atom. The molecule has 1 saturated heterocycles. The summed E-state index contributed by atoms with van der Waals surface area (Å²) in [5.74, 6) is 0.475. The molecule has 0 bridgehead atoms. The van der Waals surface area contributed by atoms with Crippen molar-refractivity contribution in [3.8, 4) is 0 Å². The van der Waals surface area contributed by atoms with Crippen LogP contribution in [0.4, 0.5) is 0 Å². The van der Waals surface area contributed by atoms with Crippen LogP contribution in [-0.4, -0.2) is 29.9 Å². The molecule has 3 rings (SSSR count). The molecule has 1 saturated carbocycles. The summed E-state index contributed by atoms with van der Waals surface area (Å²) in [6.07, 6.45) is 9.74. The van der Waals surface area contributed by atoms with Crippen LogP contribution in [0, 0.1) is 12.8 Å². The Morgan fingerprint density at radius 3 is 2.46 bits per heavy atom. The second-order valence-corrected chi connectivity index (χ2v) is 7.76. The van der Waals surface area contributed by atoms with Crippen molar-refractivity contribution in [2.45, 2.75) is 70.9 Å². The molecule has 1 aromatic rings. The zero-order chi connectivity index (χ0) is 16.8. The largest absolute Gasteiger partial charge is 0.353 e. The maximum atomic E-state index is 12.7. The summed E-state index contributed by atoms with van der Waals surface area (Å²) in [7, 11) is 0. The zero-order valence-electron chi connectivity index (χ0n) is 15.1. The summed E-state index contributed by atoms with van der Waals surface area (Å²) in [5, 5.41) is 3.35. The fourth-order valence-corrected chi connectivity index (χ4v) is 4.11. The average Bonchev–Trinajstić information content (AvgIpc) is 2.86. The number of benzene rings is 1. The van der Waals surface area contributed by atoms with Crippen LogP contribution in [0.2, 0.25) is 0 Å². The van der Waals surface area contributed by atoms with Crippen molar-refractivity contribution >= 4 is 5.91 Å². The molecule has 3 nitrogen and oxygen atoms in total. The van der Waals surface area contributed by atoms with Gasteiger partial charge in [-0.3, -0.25) is 9.69 Å². The van der Waals surface area contributed by atoms with Gasteiger partial charge in [0.25, 0.3) is 0 Å². The van der Waals surface area contributed by atoms with Gasteiger partial charge in [0.15, 0.2) is 0 Å². The van der Waals surface area contributed by atoms with Crippen molar-refractivity contribution in [3.63, 3.8) is 0 Å². The van der Waals surface area contributed by atoms with Crippen LogP contribution in [0.5, 0.6) is 0 Å². The quantitative estimate of drug-likeness (QED) is 0.846. The minimum Gasteiger partial charge on any atom is -0.353 e. The number of hydrogen-bond donors (Lipinski definition) is 1. The molecule has 1 atom stereocenters. The first-order valence-electron chi connectivity index (χ1n) is 9.79. The van der Waals surface area contributed by atoms with Crippen molar-refractivity contribution in [3.05, 3.63) is 35.4 Å². The first kappa shape index (κ1) is 17.5. The molecule has 1 aliphatic carbocycles. The number of nitrogens with zero attached hydrogens (tertiary/aromatic N) is 1. The Morgan fingerprint density at radius 1 is 1.04 bits per heavy atom. The highest BCUT2D eigenvalue weighted by atomic mass is 16.2. The molecule has 0 aromatic heterocycles. The van der Waals surface area contributed by atoms with E-state index in [-0.39, 0.29) is 5.92 Å². The molecule has 1 unspecified atom stereocenters. The summed E-state index contributed by atoms with van der Waals surface area (Å²) in [5.41, 5.74) is 2.66. The smallest absolute Gasteiger partial charge is 0.224 e. The third-order valence-electron chi connectivity index (χ3n) is 5.60. The Labute approximate surface area is 146 Å². The normalized spacial score (nSPS) is 23.6. The van der Waals surface area contributed by atoms with E-state index in [1.807, 2.05) is 0 Å². The van der Waals surface area contributed by atoms with Crippen LogP contribution in [0.25, 0.3) is 0 Å². The van der Waals surface area contributed by atoms with Crippen molar-refractivity contribution in [1.82, 2.24) is 10.2 Å². The van der Waals surface area contributed by atoms with E-state index < -0.39 is 0 Å². The monoisotopic (exact) mass is 328 g/mol. The molecule has 1 heterocycles. The van der Waals surface area contributed by atoms with Crippen LogP contribution in [0.1, 0.15) is 62.5 Å². The van der Waals surface area contributed by atoms with Crippen LogP contribution in [-0.2, 0) is 11.3 Å². The molecule has 1 aliphatic heterocycles. The van der Waals surface area contributed by atoms with Gasteiger partial charge in [0.1, 0.15) is 0 Å². The molecule has 24 heavy (non-hydrogen) atoms. The summed E-state index contributed by atoms with van der Waals surface area (Å²) in [4.78, 5) is 15.1. The third kappa shape index (κ3) is 5.07. The van der Waals surface area contributed by atoms with Crippen LogP contribution < -0.4 is 5.32 Å². The second-order valence-electron chi connectivity index (χ2n) is 7.76. The van der Waals surface area contributed by atoms with Gasteiger partial charge >= 0.3 is 0 Å². The standard InChI is InChI=1S/C21H32N2O/c1-17-10-12-18(13-11-17)15-23-14-6-7-19(16-23)21(24)22-20-8-4-2-3-5-9-20/h10-13,19-20H,2-9,14-16H2,1H3,(H,22,24). The number of carbonyl (C=O) groups is 1. The topological polar surface area (TPSA) is 32.3 Å². The molecule has 0 radical (unpaired) electrons. The van der Waals surface area contributed by atoms with E-state index >= 15 is 0 Å². The number of aryl methyl sites for hydroxylation is 1. The number of hydrogen-bond acceptors (Lipinski definition) is 2. The lowest BCUT2D eigenvalue weighted by Gasteiger charge is -2.33. The molecule has 2 aliphatic rings. The van der Waals surface area contributed by atoms with E-state index in [9.17, 15) is 4.79 Å². The lowest BCUT2D eigenvalue weighted by Crippen LogP contribution is -2.45. The summed E-state index contributed by atoms with van der Waals surface area (Å²) < 4.78 is 0. The maximum Gasteiger partial charge on any atom is 0.224 e. The molecule has 1 amide bonds. The van der Waals surface area contributed by atoms with Crippen LogP contribution in [0.3, 0.4) is 0 Å². The number of likely N-dealkylation sites (tertiary alicyclic amines) is 1. The van der Waals surface area contributed by atoms with E-state index in [2.05, 4.69) is 41.4 Å². The summed E-state index contributed by atoms with van der Waals surface area (Å²) in [6.45, 7) is 5.11. The molecule has 1 aromatic carbocycles. The molecular weight excluding hydrogens is 296 g/mol. The SMILES string of the molecule is Cc1ccc(CN2CCCC(C(=O)NC3CCCCCC3)C2)cc1. The van der Waals surface area contributed by atoms with Gasteiger partial charge in [-0.1, -0.05) is 55.5 Å². The van der Waals surface area contributed by atoms with Crippen molar-refractivity contribution in [2.75, 3.05) is 13.1 Å². The van der Waals surface area contributed by atoms with Crippen LogP contribution >= 0.6 is 0 Å². The fourth-order valence-electron chi connectivity index (χ4n) is 4.11. The van der Waals surface area contributed by atoms with E-state index in [1.54, 1.807) is 0 Å². The second kappa shape index (κ2) is 8.66. The minimum absolute atomic E-state index is 0.174. The number of carbonyl (C=O) groups excluding carboxylic acids is 1. The lowest BCUT2D eigenvalue weighted by molar-refractivity contribution is -0.127. The van der Waals surface area contributed by atoms with Crippen molar-refractivity contribution < 1.29 is 4.79 Å². The van der Waals surface area contributed by atoms with Crippen molar-refractivity contribution in [1.29, 1.82) is 0 Å². The number of nitrogens with one attached hydrogen (secondary N) is 1. The molecule has 3 heteroatoms. The lowest BCUT2D eigenvalue weighted by atomic mass is 9.95. The van der Waals surface area contributed by atoms with Crippen molar-refractivity contribution in [2.24, 2.45) is 5.92 Å². The number of amides is 1. The summed E-state index contributed by atoms with van der Waals surface area (Å²) >= 11 is 0. The van der Waals surface area contributed by atoms with E-state index in [1.165, 1.54) is 49.7 Å². The Kier molecular flexibility index (Phi) is 6.30. The Balaban J connectivity index is 1.50. The molecule has 2 fully saturated rings. The number of rotatable bonds is 4. The molecule has 132 valence electrons. The number of piperidine rings is 1. The summed E-state index contributed by atoms with van der Waals surface area (Å²) in [6, 6.07) is 9.20. The Hall–Kier alpha value is -1.35. The zero-order valence-corrected chi connectivity index (χ0v) is 15.1. The van der Waals surface area contributed by atoms with Gasteiger partial charge in [0.05, 0.1) is 5.92 Å². The van der Waals surface area contributed by atoms with Gasteiger partial charge in [-0.2, -0.15) is 0 Å². The highest BCUT2D eigenvalue weighted by Gasteiger charge is 2.27. The van der Waals surface area contributed by atoms with Gasteiger partial charge in [-0.25, -0.2) is 0 Å². The van der Waals surface area contributed by atoms with E-state index in [4.69, 9.17) is 0 Å². The highest BCUT2D eigenvalue weighted by molar-refractivity contribution is 5.79. The van der Waals surface area contributed by atoms with Gasteiger partial charge in [0.2, 0.25) is 5.91 Å². The average molecular weight is 329 g/mol. The predicted molar refractivity (Wildman–Crippen MR) is 98.8 cm³/mol. The van der Waals surface area contributed by atoms with Gasteiger partial charge in [-0.15, -0.1) is 0 Å². The van der Waals surface area contributed by atoms with E-state index in [0.29, 0.717) is 11.9 Å². The van der Waals surface area contributed by atoms with Gasteiger partial charge < -0.3 is 5.32 Å². The van der Waals surface area contributed by atoms with Gasteiger partial charge in [-0.05, 0) is 44.7 Å². The predicted octanol–water partition coefficient (Wildman–Crippen LogP) is 4.05.